The summed E-state index contributed by atoms with van der Waals surface area (Å²) in [5.41, 5.74) is 0.662. The molecule has 0 radical (unpaired) electrons. The van der Waals surface area contributed by atoms with Gasteiger partial charge in [0.1, 0.15) is 11.5 Å². The monoisotopic (exact) mass is 288 g/mol. The molecule has 1 saturated heterocycles. The van der Waals surface area contributed by atoms with Crippen LogP contribution in [0.25, 0.3) is 0 Å². The second-order valence-electron chi connectivity index (χ2n) is 5.70. The summed E-state index contributed by atoms with van der Waals surface area (Å²) in [5.74, 6) is 1.22. The largest absolute Gasteiger partial charge is 0.336 e. The number of fused-ring (bicyclic) bond motifs is 2. The number of aryl methyl sites for hydroxylation is 2. The lowest BCUT2D eigenvalue weighted by atomic mass is 9.85. The molecular weight excluding hydrogens is 272 g/mol. The standard InChI is InChI=1S/C14H16N4OS/c1-10-16-11(8-20-10)12(19)18-6-3-14(9-18)2-5-17-7-4-15-13(14)17/h4,7-8H,2-3,5-6,9H2,1H3/t14-/m1/s1. The van der Waals surface area contributed by atoms with Gasteiger partial charge in [-0.25, -0.2) is 9.97 Å². The second kappa shape index (κ2) is 4.15. The fourth-order valence-electron chi connectivity index (χ4n) is 3.45. The van der Waals surface area contributed by atoms with Crippen molar-refractivity contribution < 1.29 is 4.79 Å². The van der Waals surface area contributed by atoms with Crippen LogP contribution in [0.4, 0.5) is 0 Å². The number of rotatable bonds is 1. The van der Waals surface area contributed by atoms with E-state index in [2.05, 4.69) is 14.5 Å². The van der Waals surface area contributed by atoms with Gasteiger partial charge in [-0.3, -0.25) is 4.79 Å². The van der Waals surface area contributed by atoms with Crippen LogP contribution in [-0.4, -0.2) is 38.4 Å². The van der Waals surface area contributed by atoms with Crippen LogP contribution >= 0.6 is 11.3 Å². The van der Waals surface area contributed by atoms with Crippen molar-refractivity contribution in [3.05, 3.63) is 34.3 Å². The number of hydrogen-bond donors (Lipinski definition) is 0. The van der Waals surface area contributed by atoms with Crippen LogP contribution in [-0.2, 0) is 12.0 Å². The van der Waals surface area contributed by atoms with E-state index in [0.29, 0.717) is 5.69 Å². The van der Waals surface area contributed by atoms with Gasteiger partial charge in [0.15, 0.2) is 0 Å². The molecule has 2 aliphatic rings. The molecule has 1 fully saturated rings. The number of carbonyl (C=O) groups is 1. The summed E-state index contributed by atoms with van der Waals surface area (Å²) in [7, 11) is 0. The van der Waals surface area contributed by atoms with Crippen molar-refractivity contribution in [2.75, 3.05) is 13.1 Å². The highest BCUT2D eigenvalue weighted by Crippen LogP contribution is 2.41. The summed E-state index contributed by atoms with van der Waals surface area (Å²) in [5, 5.41) is 2.80. The summed E-state index contributed by atoms with van der Waals surface area (Å²) in [6, 6.07) is 0. The predicted molar refractivity (Wildman–Crippen MR) is 75.9 cm³/mol. The highest BCUT2D eigenvalue weighted by atomic mass is 32.1. The van der Waals surface area contributed by atoms with E-state index in [1.54, 1.807) is 0 Å². The molecule has 5 nitrogen and oxygen atoms in total. The van der Waals surface area contributed by atoms with Gasteiger partial charge < -0.3 is 9.47 Å². The first-order valence-electron chi connectivity index (χ1n) is 6.91. The van der Waals surface area contributed by atoms with Gasteiger partial charge >= 0.3 is 0 Å². The molecule has 20 heavy (non-hydrogen) atoms. The first-order valence-corrected chi connectivity index (χ1v) is 7.79. The van der Waals surface area contributed by atoms with Crippen molar-refractivity contribution in [1.82, 2.24) is 19.4 Å². The highest BCUT2D eigenvalue weighted by molar-refractivity contribution is 7.09. The van der Waals surface area contributed by atoms with E-state index in [-0.39, 0.29) is 11.3 Å². The van der Waals surface area contributed by atoms with Crippen molar-refractivity contribution in [2.24, 2.45) is 0 Å². The van der Waals surface area contributed by atoms with Crippen molar-refractivity contribution in [3.63, 3.8) is 0 Å². The van der Waals surface area contributed by atoms with E-state index >= 15 is 0 Å². The molecule has 1 atom stereocenters. The first kappa shape index (κ1) is 12.1. The Balaban J connectivity index is 1.58. The van der Waals surface area contributed by atoms with Crippen LogP contribution in [0.3, 0.4) is 0 Å². The number of likely N-dealkylation sites (tertiary alicyclic amines) is 1. The van der Waals surface area contributed by atoms with E-state index in [4.69, 9.17) is 0 Å². The van der Waals surface area contributed by atoms with Crippen LogP contribution in [0, 0.1) is 6.92 Å². The van der Waals surface area contributed by atoms with Crippen molar-refractivity contribution in [1.29, 1.82) is 0 Å². The molecule has 4 rings (SSSR count). The number of imidazole rings is 1. The lowest BCUT2D eigenvalue weighted by Gasteiger charge is -2.22. The fraction of sp³-hybridized carbons (Fsp3) is 0.500. The molecule has 0 bridgehead atoms. The lowest BCUT2D eigenvalue weighted by Crippen LogP contribution is -2.33. The maximum Gasteiger partial charge on any atom is 0.273 e. The minimum atomic E-state index is 0.0660. The minimum Gasteiger partial charge on any atom is -0.336 e. The lowest BCUT2D eigenvalue weighted by molar-refractivity contribution is 0.0778. The normalized spacial score (nSPS) is 24.6. The molecule has 1 amide bonds. The Bertz CT molecular complexity index is 676. The Hall–Kier alpha value is -1.69. The Kier molecular flexibility index (Phi) is 2.51. The number of carbonyl (C=O) groups excluding carboxylic acids is 1. The van der Waals surface area contributed by atoms with Gasteiger partial charge in [0, 0.05) is 42.8 Å². The molecule has 2 aromatic rings. The molecule has 4 heterocycles. The third kappa shape index (κ3) is 1.64. The van der Waals surface area contributed by atoms with Gasteiger partial charge in [0.2, 0.25) is 0 Å². The number of aromatic nitrogens is 3. The molecular formula is C14H16N4OS. The second-order valence-corrected chi connectivity index (χ2v) is 6.77. The highest BCUT2D eigenvalue weighted by Gasteiger charge is 2.47. The van der Waals surface area contributed by atoms with Gasteiger partial charge in [-0.15, -0.1) is 11.3 Å². The van der Waals surface area contributed by atoms with Crippen molar-refractivity contribution in [2.45, 2.75) is 31.7 Å². The van der Waals surface area contributed by atoms with Crippen molar-refractivity contribution in [3.8, 4) is 0 Å². The molecule has 6 heteroatoms. The smallest absolute Gasteiger partial charge is 0.273 e. The average molecular weight is 288 g/mol. The predicted octanol–water partition coefficient (Wildman–Crippen LogP) is 1.84. The van der Waals surface area contributed by atoms with Gasteiger partial charge in [-0.1, -0.05) is 0 Å². The van der Waals surface area contributed by atoms with Crippen LogP contribution in [0.15, 0.2) is 17.8 Å². The third-order valence-electron chi connectivity index (χ3n) is 4.50. The Morgan fingerprint density at radius 3 is 3.05 bits per heavy atom. The summed E-state index contributed by atoms with van der Waals surface area (Å²) >= 11 is 1.53. The van der Waals surface area contributed by atoms with Crippen LogP contribution < -0.4 is 0 Å². The average Bonchev–Trinajstić information content (AvgIpc) is 3.18. The topological polar surface area (TPSA) is 51.0 Å². The molecule has 2 aromatic heterocycles. The Labute approximate surface area is 121 Å². The van der Waals surface area contributed by atoms with Gasteiger partial charge in [0.25, 0.3) is 5.91 Å². The SMILES string of the molecule is Cc1nc(C(=O)N2CC[C@]3(CCn4ccnc43)C2)cs1. The summed E-state index contributed by atoms with van der Waals surface area (Å²) in [6.07, 6.45) is 6.01. The number of thiazole rings is 1. The van der Waals surface area contributed by atoms with Crippen LogP contribution in [0.2, 0.25) is 0 Å². The molecule has 2 aliphatic heterocycles. The zero-order chi connectivity index (χ0) is 13.7. The molecule has 104 valence electrons. The molecule has 1 spiro atoms. The zero-order valence-electron chi connectivity index (χ0n) is 11.4. The fourth-order valence-corrected chi connectivity index (χ4v) is 4.04. The van der Waals surface area contributed by atoms with E-state index in [0.717, 1.165) is 43.3 Å². The summed E-state index contributed by atoms with van der Waals surface area (Å²) in [6.45, 7) is 4.54. The quantitative estimate of drug-likeness (QED) is 0.804. The number of hydrogen-bond acceptors (Lipinski definition) is 4. The van der Waals surface area contributed by atoms with Crippen molar-refractivity contribution >= 4 is 17.2 Å². The molecule has 0 aromatic carbocycles. The molecule has 0 saturated carbocycles. The maximum atomic E-state index is 12.5. The number of nitrogens with zero attached hydrogens (tertiary/aromatic N) is 4. The minimum absolute atomic E-state index is 0.0660. The van der Waals surface area contributed by atoms with Crippen LogP contribution in [0.1, 0.15) is 34.2 Å². The molecule has 0 aliphatic carbocycles. The number of amides is 1. The van der Waals surface area contributed by atoms with E-state index < -0.39 is 0 Å². The zero-order valence-corrected chi connectivity index (χ0v) is 12.2. The molecule has 0 unspecified atom stereocenters. The van der Waals surface area contributed by atoms with E-state index in [9.17, 15) is 4.79 Å². The maximum absolute atomic E-state index is 12.5. The first-order chi connectivity index (χ1) is 9.68. The van der Waals surface area contributed by atoms with Gasteiger partial charge in [-0.2, -0.15) is 0 Å². The Morgan fingerprint density at radius 2 is 2.25 bits per heavy atom. The third-order valence-corrected chi connectivity index (χ3v) is 5.27. The van der Waals surface area contributed by atoms with E-state index in [1.165, 1.54) is 11.3 Å². The summed E-state index contributed by atoms with van der Waals surface area (Å²) < 4.78 is 2.22. The van der Waals surface area contributed by atoms with Crippen LogP contribution in [0.5, 0.6) is 0 Å². The summed E-state index contributed by atoms with van der Waals surface area (Å²) in [4.78, 5) is 23.3. The Morgan fingerprint density at radius 1 is 1.40 bits per heavy atom. The van der Waals surface area contributed by atoms with E-state index in [1.807, 2.05) is 29.6 Å². The van der Waals surface area contributed by atoms with Gasteiger partial charge in [-0.05, 0) is 19.8 Å². The van der Waals surface area contributed by atoms with Gasteiger partial charge in [0.05, 0.1) is 5.01 Å². The molecule has 0 N–H and O–H groups in total.